The number of hydrogen-bond donors (Lipinski definition) is 1. The van der Waals surface area contributed by atoms with Crippen molar-refractivity contribution in [3.05, 3.63) is 66.1 Å². The third-order valence-electron chi connectivity index (χ3n) is 4.32. The summed E-state index contributed by atoms with van der Waals surface area (Å²) in [5.41, 5.74) is 2.35. The molecule has 8 nitrogen and oxygen atoms in total. The first-order chi connectivity index (χ1) is 13.3. The summed E-state index contributed by atoms with van der Waals surface area (Å²) >= 11 is 0. The molecular weight excluding hydrogens is 378 g/mol. The molecule has 0 atom stereocenters. The lowest BCUT2D eigenvalue weighted by Crippen LogP contribution is -2.35. The number of nitrogens with zero attached hydrogens (tertiary/aromatic N) is 4. The zero-order chi connectivity index (χ0) is 20.3. The molecule has 9 heteroatoms. The predicted molar refractivity (Wildman–Crippen MR) is 106 cm³/mol. The highest BCUT2D eigenvalue weighted by molar-refractivity contribution is 7.89. The van der Waals surface area contributed by atoms with Crippen molar-refractivity contribution in [2.45, 2.75) is 18.7 Å². The fourth-order valence-electron chi connectivity index (χ4n) is 2.54. The SMILES string of the molecule is Cc1ccc(S(=O)(=O)N(C)CC(=O)Nc2ccc(-n3cccn3)nc2)cc1C. The first-order valence-electron chi connectivity index (χ1n) is 8.57. The molecule has 1 amide bonds. The number of likely N-dealkylation sites (N-methyl/N-ethyl adjacent to an activating group) is 1. The molecule has 0 spiro atoms. The van der Waals surface area contributed by atoms with Gasteiger partial charge in [-0.15, -0.1) is 0 Å². The smallest absolute Gasteiger partial charge is 0.243 e. The largest absolute Gasteiger partial charge is 0.324 e. The molecule has 0 saturated heterocycles. The summed E-state index contributed by atoms with van der Waals surface area (Å²) in [5, 5.41) is 6.73. The van der Waals surface area contributed by atoms with Crippen LogP contribution in [0, 0.1) is 13.8 Å². The van der Waals surface area contributed by atoms with E-state index in [0.717, 1.165) is 15.4 Å². The molecule has 146 valence electrons. The molecule has 28 heavy (non-hydrogen) atoms. The van der Waals surface area contributed by atoms with E-state index in [1.807, 2.05) is 13.8 Å². The van der Waals surface area contributed by atoms with Crippen molar-refractivity contribution in [1.82, 2.24) is 19.1 Å². The number of carbonyl (C=O) groups is 1. The van der Waals surface area contributed by atoms with Crippen LogP contribution in [0.1, 0.15) is 11.1 Å². The summed E-state index contributed by atoms with van der Waals surface area (Å²) in [6, 6.07) is 10.1. The Morgan fingerprint density at radius 2 is 1.96 bits per heavy atom. The van der Waals surface area contributed by atoms with Crippen LogP contribution in [0.2, 0.25) is 0 Å². The average Bonchev–Trinajstić information content (AvgIpc) is 3.19. The second-order valence-corrected chi connectivity index (χ2v) is 8.46. The molecule has 0 aliphatic rings. The summed E-state index contributed by atoms with van der Waals surface area (Å²) < 4.78 is 28.0. The van der Waals surface area contributed by atoms with E-state index in [9.17, 15) is 13.2 Å². The standard InChI is InChI=1S/C19H21N5O3S/c1-14-5-7-17(11-15(14)2)28(26,27)23(3)13-19(25)22-16-6-8-18(20-12-16)24-10-4-9-21-24/h4-12H,13H2,1-3H3,(H,22,25). The van der Waals surface area contributed by atoms with Gasteiger partial charge in [-0.1, -0.05) is 6.07 Å². The Labute approximate surface area is 163 Å². The van der Waals surface area contributed by atoms with Crippen molar-refractivity contribution in [3.63, 3.8) is 0 Å². The Morgan fingerprint density at radius 3 is 2.57 bits per heavy atom. The predicted octanol–water partition coefficient (Wildman–Crippen LogP) is 2.14. The van der Waals surface area contributed by atoms with E-state index >= 15 is 0 Å². The van der Waals surface area contributed by atoms with Crippen LogP contribution in [0.25, 0.3) is 5.82 Å². The molecule has 0 radical (unpaired) electrons. The van der Waals surface area contributed by atoms with Crippen LogP contribution in [0.15, 0.2) is 59.9 Å². The maximum Gasteiger partial charge on any atom is 0.243 e. The van der Waals surface area contributed by atoms with Crippen LogP contribution in [-0.2, 0) is 14.8 Å². The Bertz CT molecular complexity index is 1080. The van der Waals surface area contributed by atoms with Gasteiger partial charge in [-0.05, 0) is 55.3 Å². The van der Waals surface area contributed by atoms with Gasteiger partial charge in [-0.2, -0.15) is 9.40 Å². The van der Waals surface area contributed by atoms with E-state index in [-0.39, 0.29) is 11.4 Å². The number of aryl methyl sites for hydroxylation is 2. The van der Waals surface area contributed by atoms with Crippen LogP contribution < -0.4 is 5.32 Å². The van der Waals surface area contributed by atoms with Crippen molar-refractivity contribution < 1.29 is 13.2 Å². The summed E-state index contributed by atoms with van der Waals surface area (Å²) in [6.45, 7) is 3.45. The Hall–Kier alpha value is -3.04. The van der Waals surface area contributed by atoms with E-state index in [2.05, 4.69) is 15.4 Å². The number of nitrogens with one attached hydrogen (secondary N) is 1. The van der Waals surface area contributed by atoms with Crippen LogP contribution in [0.5, 0.6) is 0 Å². The Kier molecular flexibility index (Phi) is 5.57. The highest BCUT2D eigenvalue weighted by Crippen LogP contribution is 2.18. The fourth-order valence-corrected chi connectivity index (χ4v) is 3.75. The highest BCUT2D eigenvalue weighted by Gasteiger charge is 2.23. The van der Waals surface area contributed by atoms with Crippen LogP contribution in [0.3, 0.4) is 0 Å². The minimum Gasteiger partial charge on any atom is -0.324 e. The van der Waals surface area contributed by atoms with Crippen LogP contribution >= 0.6 is 0 Å². The molecule has 0 bridgehead atoms. The van der Waals surface area contributed by atoms with Crippen molar-refractivity contribution in [1.29, 1.82) is 0 Å². The van der Waals surface area contributed by atoms with Gasteiger partial charge in [0.15, 0.2) is 5.82 Å². The zero-order valence-electron chi connectivity index (χ0n) is 15.8. The number of benzene rings is 1. The molecule has 0 fully saturated rings. The molecule has 0 saturated carbocycles. The molecule has 1 N–H and O–H groups in total. The Balaban J connectivity index is 1.66. The van der Waals surface area contributed by atoms with E-state index < -0.39 is 15.9 Å². The number of amides is 1. The van der Waals surface area contributed by atoms with Gasteiger partial charge in [-0.3, -0.25) is 4.79 Å². The molecule has 3 aromatic rings. The number of aromatic nitrogens is 3. The lowest BCUT2D eigenvalue weighted by atomic mass is 10.1. The molecular formula is C19H21N5O3S. The third-order valence-corrected chi connectivity index (χ3v) is 6.12. The molecule has 1 aromatic carbocycles. The minimum atomic E-state index is -3.76. The number of hydrogen-bond acceptors (Lipinski definition) is 5. The zero-order valence-corrected chi connectivity index (χ0v) is 16.6. The van der Waals surface area contributed by atoms with Gasteiger partial charge in [0.25, 0.3) is 0 Å². The van der Waals surface area contributed by atoms with Crippen molar-refractivity contribution >= 4 is 21.6 Å². The first kappa shape index (κ1) is 19.7. The molecule has 0 aliphatic carbocycles. The monoisotopic (exact) mass is 399 g/mol. The van der Waals surface area contributed by atoms with E-state index in [0.29, 0.717) is 11.5 Å². The van der Waals surface area contributed by atoms with Crippen molar-refractivity contribution in [2.24, 2.45) is 0 Å². The van der Waals surface area contributed by atoms with Gasteiger partial charge in [0.05, 0.1) is 23.3 Å². The second-order valence-electron chi connectivity index (χ2n) is 6.41. The van der Waals surface area contributed by atoms with E-state index in [1.165, 1.54) is 13.2 Å². The summed E-state index contributed by atoms with van der Waals surface area (Å²) in [6.07, 6.45) is 4.89. The quantitative estimate of drug-likeness (QED) is 0.685. The van der Waals surface area contributed by atoms with Crippen molar-refractivity contribution in [2.75, 3.05) is 18.9 Å². The van der Waals surface area contributed by atoms with E-state index in [1.54, 1.807) is 53.5 Å². The fraction of sp³-hybridized carbons (Fsp3) is 0.211. The second kappa shape index (κ2) is 7.91. The molecule has 2 aromatic heterocycles. The first-order valence-corrected chi connectivity index (χ1v) is 10.0. The maximum absolute atomic E-state index is 12.7. The van der Waals surface area contributed by atoms with Gasteiger partial charge in [0, 0.05) is 19.4 Å². The topological polar surface area (TPSA) is 97.2 Å². The van der Waals surface area contributed by atoms with E-state index in [4.69, 9.17) is 0 Å². The van der Waals surface area contributed by atoms with Gasteiger partial charge in [0.1, 0.15) is 0 Å². The summed E-state index contributed by atoms with van der Waals surface area (Å²) in [5.74, 6) is 0.154. The van der Waals surface area contributed by atoms with Gasteiger partial charge in [0.2, 0.25) is 15.9 Å². The van der Waals surface area contributed by atoms with Crippen LogP contribution in [0.4, 0.5) is 5.69 Å². The molecule has 0 unspecified atom stereocenters. The normalized spacial score (nSPS) is 11.6. The minimum absolute atomic E-state index is 0.163. The average molecular weight is 399 g/mol. The van der Waals surface area contributed by atoms with Crippen molar-refractivity contribution in [3.8, 4) is 5.82 Å². The number of carbonyl (C=O) groups excluding carboxylic acids is 1. The molecule has 0 aliphatic heterocycles. The van der Waals surface area contributed by atoms with Gasteiger partial charge >= 0.3 is 0 Å². The number of sulfonamides is 1. The van der Waals surface area contributed by atoms with Gasteiger partial charge < -0.3 is 5.32 Å². The highest BCUT2D eigenvalue weighted by atomic mass is 32.2. The van der Waals surface area contributed by atoms with Crippen LogP contribution in [-0.4, -0.2) is 47.0 Å². The maximum atomic E-state index is 12.7. The number of rotatable bonds is 6. The lowest BCUT2D eigenvalue weighted by molar-refractivity contribution is -0.116. The number of pyridine rings is 1. The summed E-state index contributed by atoms with van der Waals surface area (Å²) in [4.78, 5) is 16.7. The lowest BCUT2D eigenvalue weighted by Gasteiger charge is -2.17. The summed E-state index contributed by atoms with van der Waals surface area (Å²) in [7, 11) is -2.38. The third kappa shape index (κ3) is 4.26. The molecule has 2 heterocycles. The van der Waals surface area contributed by atoms with Gasteiger partial charge in [-0.25, -0.2) is 18.1 Å². The molecule has 3 rings (SSSR count). The number of anilines is 1. The Morgan fingerprint density at radius 1 is 1.18 bits per heavy atom.